The summed E-state index contributed by atoms with van der Waals surface area (Å²) >= 11 is 6.39. The van der Waals surface area contributed by atoms with Crippen LogP contribution in [0.25, 0.3) is 5.70 Å². The first kappa shape index (κ1) is 26.8. The minimum Gasteiger partial charge on any atom is -0.379 e. The second-order valence-electron chi connectivity index (χ2n) is 9.42. The summed E-state index contributed by atoms with van der Waals surface area (Å²) in [5.41, 5.74) is 3.32. The van der Waals surface area contributed by atoms with Crippen molar-refractivity contribution in [1.82, 2.24) is 9.80 Å². The Hall–Kier alpha value is -2.76. The van der Waals surface area contributed by atoms with Gasteiger partial charge in [-0.25, -0.2) is 8.42 Å². The lowest BCUT2D eigenvalue weighted by molar-refractivity contribution is -0.127. The first-order valence-electron chi connectivity index (χ1n) is 12.6. The number of ether oxygens (including phenoxy) is 2. The molecule has 0 spiro atoms. The predicted octanol–water partition coefficient (Wildman–Crippen LogP) is 2.71. The Morgan fingerprint density at radius 1 is 1.00 bits per heavy atom. The number of aliphatic imine (C=N–C) groups is 1. The average Bonchev–Trinajstić information content (AvgIpc) is 2.93. The standard InChI is InChI=1S/C27H31ClN4O5S/c1-29-25(27(33)32-11-15-37-16-12-32)22-18-38(34,35)26-21(3-2-4-23(26)28)24(22)30-20-7-5-19(6-8-20)17-31-9-13-36-14-10-31/h2-8,30H,9-18H2,1H3/b29-25+. The fourth-order valence-electron chi connectivity index (χ4n) is 4.98. The maximum Gasteiger partial charge on any atom is 0.272 e. The Morgan fingerprint density at radius 2 is 1.66 bits per heavy atom. The number of carbonyl (C=O) groups excluding carboxylic acids is 1. The molecule has 0 radical (unpaired) electrons. The van der Waals surface area contributed by atoms with E-state index < -0.39 is 9.84 Å². The summed E-state index contributed by atoms with van der Waals surface area (Å²) in [6.45, 7) is 5.83. The molecule has 2 aromatic carbocycles. The molecule has 3 aliphatic heterocycles. The fraction of sp³-hybridized carbons (Fsp3) is 0.407. The highest BCUT2D eigenvalue weighted by atomic mass is 35.5. The van der Waals surface area contributed by atoms with Crippen molar-refractivity contribution in [2.75, 3.05) is 70.7 Å². The molecule has 2 aromatic rings. The third-order valence-electron chi connectivity index (χ3n) is 6.93. The maximum absolute atomic E-state index is 13.5. The van der Waals surface area contributed by atoms with Gasteiger partial charge in [0.25, 0.3) is 5.91 Å². The lowest BCUT2D eigenvalue weighted by Crippen LogP contribution is -2.45. The van der Waals surface area contributed by atoms with E-state index in [1.165, 1.54) is 12.6 Å². The molecule has 11 heteroatoms. The van der Waals surface area contributed by atoms with Gasteiger partial charge in [0.15, 0.2) is 9.84 Å². The van der Waals surface area contributed by atoms with E-state index in [0.717, 1.165) is 38.5 Å². The molecule has 202 valence electrons. The van der Waals surface area contributed by atoms with Gasteiger partial charge in [-0.2, -0.15) is 0 Å². The molecule has 0 aromatic heterocycles. The summed E-state index contributed by atoms with van der Waals surface area (Å²) in [5, 5.41) is 3.55. The minimum absolute atomic E-state index is 0.0612. The Balaban J connectivity index is 1.52. The van der Waals surface area contributed by atoms with Gasteiger partial charge in [0.1, 0.15) is 5.71 Å². The van der Waals surface area contributed by atoms with Crippen LogP contribution in [-0.2, 0) is 30.7 Å². The highest BCUT2D eigenvalue weighted by molar-refractivity contribution is 7.92. The number of carbonyl (C=O) groups is 1. The van der Waals surface area contributed by atoms with Gasteiger partial charge in [-0.1, -0.05) is 35.9 Å². The van der Waals surface area contributed by atoms with Gasteiger partial charge in [-0.15, -0.1) is 0 Å². The van der Waals surface area contributed by atoms with Gasteiger partial charge in [0, 0.05) is 56.6 Å². The molecule has 1 amide bonds. The van der Waals surface area contributed by atoms with Crippen LogP contribution in [0.1, 0.15) is 11.1 Å². The maximum atomic E-state index is 13.5. The fourth-order valence-corrected chi connectivity index (χ4v) is 7.18. The summed E-state index contributed by atoms with van der Waals surface area (Å²) in [5.74, 6) is -0.698. The van der Waals surface area contributed by atoms with Crippen molar-refractivity contribution >= 4 is 44.4 Å². The Labute approximate surface area is 228 Å². The number of fused-ring (bicyclic) bond motifs is 1. The Kier molecular flexibility index (Phi) is 8.15. The molecule has 5 rings (SSSR count). The molecule has 0 bridgehead atoms. The lowest BCUT2D eigenvalue weighted by atomic mass is 10.0. The zero-order valence-electron chi connectivity index (χ0n) is 21.3. The second-order valence-corrected chi connectivity index (χ2v) is 11.8. The Bertz CT molecular complexity index is 1360. The van der Waals surface area contributed by atoms with Crippen LogP contribution in [0.4, 0.5) is 5.69 Å². The molecule has 3 aliphatic rings. The Morgan fingerprint density at radius 3 is 2.32 bits per heavy atom. The van der Waals surface area contributed by atoms with Crippen molar-refractivity contribution in [1.29, 1.82) is 0 Å². The third kappa shape index (κ3) is 5.64. The third-order valence-corrected chi connectivity index (χ3v) is 9.08. The van der Waals surface area contributed by atoms with E-state index in [-0.39, 0.29) is 27.3 Å². The van der Waals surface area contributed by atoms with Crippen LogP contribution in [0.3, 0.4) is 0 Å². The number of benzene rings is 2. The highest BCUT2D eigenvalue weighted by Gasteiger charge is 2.37. The van der Waals surface area contributed by atoms with E-state index in [1.807, 2.05) is 24.3 Å². The van der Waals surface area contributed by atoms with Crippen LogP contribution in [-0.4, -0.2) is 95.2 Å². The molecule has 0 unspecified atom stereocenters. The molecule has 2 saturated heterocycles. The summed E-state index contributed by atoms with van der Waals surface area (Å²) in [6.07, 6.45) is 0. The number of nitrogens with one attached hydrogen (secondary N) is 1. The number of hydrogen-bond donors (Lipinski definition) is 1. The summed E-state index contributed by atoms with van der Waals surface area (Å²) in [7, 11) is -2.30. The largest absolute Gasteiger partial charge is 0.379 e. The molecule has 0 atom stereocenters. The monoisotopic (exact) mass is 558 g/mol. The number of sulfone groups is 1. The van der Waals surface area contributed by atoms with Gasteiger partial charge >= 0.3 is 0 Å². The number of anilines is 1. The first-order valence-corrected chi connectivity index (χ1v) is 14.7. The van der Waals surface area contributed by atoms with E-state index >= 15 is 0 Å². The van der Waals surface area contributed by atoms with Crippen molar-refractivity contribution < 1.29 is 22.7 Å². The van der Waals surface area contributed by atoms with Gasteiger partial charge < -0.3 is 19.7 Å². The molecule has 3 heterocycles. The van der Waals surface area contributed by atoms with E-state index in [1.54, 1.807) is 23.1 Å². The molecular weight excluding hydrogens is 528 g/mol. The predicted molar refractivity (Wildman–Crippen MR) is 147 cm³/mol. The topological polar surface area (TPSA) is 101 Å². The van der Waals surface area contributed by atoms with Crippen molar-refractivity contribution in [3.8, 4) is 0 Å². The second kappa shape index (κ2) is 11.5. The first-order chi connectivity index (χ1) is 18.4. The van der Waals surface area contributed by atoms with Crippen molar-refractivity contribution in [2.45, 2.75) is 11.4 Å². The number of rotatable bonds is 6. The minimum atomic E-state index is -3.81. The SMILES string of the molecule is C/N=C(/C(=O)N1CCOCC1)C1=C(Nc2ccc(CN3CCOCC3)cc2)c2cccc(Cl)c2S(=O)(=O)C1. The van der Waals surface area contributed by atoms with E-state index in [2.05, 4.69) is 15.2 Å². The molecular formula is C27H31ClN4O5S. The van der Waals surface area contributed by atoms with Crippen molar-refractivity contribution in [3.63, 3.8) is 0 Å². The van der Waals surface area contributed by atoms with Crippen LogP contribution in [0, 0.1) is 0 Å². The van der Waals surface area contributed by atoms with Gasteiger partial charge in [0.05, 0.1) is 47.8 Å². The molecule has 2 fully saturated rings. The molecule has 0 saturated carbocycles. The van der Waals surface area contributed by atoms with Gasteiger partial charge in [0.2, 0.25) is 0 Å². The van der Waals surface area contributed by atoms with Gasteiger partial charge in [-0.3, -0.25) is 14.7 Å². The molecule has 0 aliphatic carbocycles. The average molecular weight is 559 g/mol. The number of nitrogens with zero attached hydrogens (tertiary/aromatic N) is 3. The zero-order chi connectivity index (χ0) is 26.7. The van der Waals surface area contributed by atoms with Crippen molar-refractivity contribution in [2.24, 2.45) is 4.99 Å². The van der Waals surface area contributed by atoms with Crippen LogP contribution < -0.4 is 5.32 Å². The number of halogens is 1. The summed E-state index contributed by atoms with van der Waals surface area (Å²) < 4.78 is 37.6. The van der Waals surface area contributed by atoms with Crippen LogP contribution in [0.15, 0.2) is 57.9 Å². The van der Waals surface area contributed by atoms with Crippen LogP contribution >= 0.6 is 11.6 Å². The smallest absolute Gasteiger partial charge is 0.272 e. The van der Waals surface area contributed by atoms with E-state index in [4.69, 9.17) is 21.1 Å². The number of morpholine rings is 2. The molecule has 1 N–H and O–H groups in total. The highest BCUT2D eigenvalue weighted by Crippen LogP contribution is 2.39. The summed E-state index contributed by atoms with van der Waals surface area (Å²) in [4.78, 5) is 21.8. The summed E-state index contributed by atoms with van der Waals surface area (Å²) in [6, 6.07) is 13.0. The molecule has 38 heavy (non-hydrogen) atoms. The number of amides is 1. The number of hydrogen-bond acceptors (Lipinski definition) is 8. The van der Waals surface area contributed by atoms with Crippen LogP contribution in [0.5, 0.6) is 0 Å². The van der Waals surface area contributed by atoms with Gasteiger partial charge in [-0.05, 0) is 23.8 Å². The normalized spacial score (nSPS) is 20.3. The quantitative estimate of drug-likeness (QED) is 0.544. The molecule has 9 nitrogen and oxygen atoms in total. The zero-order valence-corrected chi connectivity index (χ0v) is 22.9. The lowest BCUT2D eigenvalue weighted by Gasteiger charge is -2.30. The van der Waals surface area contributed by atoms with E-state index in [9.17, 15) is 13.2 Å². The van der Waals surface area contributed by atoms with Crippen molar-refractivity contribution in [3.05, 3.63) is 64.2 Å². The van der Waals surface area contributed by atoms with Crippen LogP contribution in [0.2, 0.25) is 5.02 Å². The van der Waals surface area contributed by atoms with E-state index in [0.29, 0.717) is 43.1 Å².